The predicted octanol–water partition coefficient (Wildman–Crippen LogP) is 2.77. The van der Waals surface area contributed by atoms with Gasteiger partial charge in [-0.15, -0.1) is 0 Å². The molecule has 2 aromatic rings. The number of aromatic nitrogens is 1. The van der Waals surface area contributed by atoms with Crippen molar-refractivity contribution in [3.05, 3.63) is 41.6 Å². The van der Waals surface area contributed by atoms with E-state index in [1.165, 1.54) is 6.92 Å². The summed E-state index contributed by atoms with van der Waals surface area (Å²) < 4.78 is 0. The van der Waals surface area contributed by atoms with E-state index in [1.807, 2.05) is 37.3 Å². The van der Waals surface area contributed by atoms with Crippen LogP contribution in [0.1, 0.15) is 23.0 Å². The molecule has 3 N–H and O–H groups in total. The van der Waals surface area contributed by atoms with Gasteiger partial charge in [-0.05, 0) is 13.8 Å². The molecule has 0 fully saturated rings. The van der Waals surface area contributed by atoms with Gasteiger partial charge in [0.15, 0.2) is 5.78 Å². The minimum atomic E-state index is -0.00608. The summed E-state index contributed by atoms with van der Waals surface area (Å²) in [7, 11) is 0. The summed E-state index contributed by atoms with van der Waals surface area (Å²) in [6.07, 6.45) is 0. The molecule has 0 atom stereocenters. The van der Waals surface area contributed by atoms with Crippen molar-refractivity contribution in [2.75, 3.05) is 5.73 Å². The summed E-state index contributed by atoms with van der Waals surface area (Å²) in [4.78, 5) is 14.6. The quantitative estimate of drug-likeness (QED) is 0.755. The number of H-pyrrole nitrogens is 1. The van der Waals surface area contributed by atoms with Crippen molar-refractivity contribution in [2.24, 2.45) is 0 Å². The number of carbonyl (C=O) groups is 1. The molecule has 0 aliphatic heterocycles. The van der Waals surface area contributed by atoms with Crippen LogP contribution in [-0.4, -0.2) is 10.8 Å². The van der Waals surface area contributed by atoms with Crippen molar-refractivity contribution in [1.29, 1.82) is 0 Å². The number of rotatable bonds is 2. The Kier molecular flexibility index (Phi) is 2.52. The minimum absolute atomic E-state index is 0.00608. The monoisotopic (exact) mass is 214 g/mol. The standard InChI is InChI=1S/C13H14N2O/c1-8-11(9(2)16)12(14)13(15-8)10-6-4-3-5-7-10/h3-7,15H,14H2,1-2H3. The zero-order valence-electron chi connectivity index (χ0n) is 9.37. The van der Waals surface area contributed by atoms with Crippen LogP contribution in [0.3, 0.4) is 0 Å². The van der Waals surface area contributed by atoms with E-state index in [0.717, 1.165) is 17.0 Å². The van der Waals surface area contributed by atoms with Crippen LogP contribution in [0.4, 0.5) is 5.69 Å². The van der Waals surface area contributed by atoms with Gasteiger partial charge in [0.05, 0.1) is 16.9 Å². The maximum absolute atomic E-state index is 11.4. The molecule has 1 aromatic carbocycles. The van der Waals surface area contributed by atoms with E-state index >= 15 is 0 Å². The van der Waals surface area contributed by atoms with Crippen molar-refractivity contribution in [1.82, 2.24) is 4.98 Å². The second-order valence-corrected chi connectivity index (χ2v) is 3.84. The van der Waals surface area contributed by atoms with Gasteiger partial charge in [-0.25, -0.2) is 0 Å². The van der Waals surface area contributed by atoms with Gasteiger partial charge in [0.25, 0.3) is 0 Å². The highest BCUT2D eigenvalue weighted by Gasteiger charge is 2.16. The Morgan fingerprint density at radius 1 is 1.25 bits per heavy atom. The summed E-state index contributed by atoms with van der Waals surface area (Å²) in [5.74, 6) is -0.00608. The lowest BCUT2D eigenvalue weighted by Crippen LogP contribution is -1.98. The molecule has 82 valence electrons. The van der Waals surface area contributed by atoms with Crippen molar-refractivity contribution in [3.8, 4) is 11.3 Å². The largest absolute Gasteiger partial charge is 0.396 e. The highest BCUT2D eigenvalue weighted by atomic mass is 16.1. The number of anilines is 1. The fourth-order valence-electron chi connectivity index (χ4n) is 1.93. The Morgan fingerprint density at radius 3 is 2.38 bits per heavy atom. The number of nitrogen functional groups attached to an aromatic ring is 1. The number of aromatic amines is 1. The highest BCUT2D eigenvalue weighted by molar-refractivity contribution is 6.03. The molecular formula is C13H14N2O. The molecule has 0 aliphatic rings. The second kappa shape index (κ2) is 3.85. The van der Waals surface area contributed by atoms with Gasteiger partial charge in [-0.2, -0.15) is 0 Å². The summed E-state index contributed by atoms with van der Waals surface area (Å²) >= 11 is 0. The number of hydrogen-bond acceptors (Lipinski definition) is 2. The predicted molar refractivity (Wildman–Crippen MR) is 65.4 cm³/mol. The molecule has 1 aromatic heterocycles. The van der Waals surface area contributed by atoms with Crippen molar-refractivity contribution in [3.63, 3.8) is 0 Å². The van der Waals surface area contributed by atoms with E-state index in [9.17, 15) is 4.79 Å². The van der Waals surface area contributed by atoms with Crippen LogP contribution in [0.2, 0.25) is 0 Å². The number of ketones is 1. The first-order valence-corrected chi connectivity index (χ1v) is 5.15. The van der Waals surface area contributed by atoms with Gasteiger partial charge < -0.3 is 10.7 Å². The summed E-state index contributed by atoms with van der Waals surface area (Å²) in [5.41, 5.74) is 9.76. The minimum Gasteiger partial charge on any atom is -0.396 e. The molecule has 0 bridgehead atoms. The van der Waals surface area contributed by atoms with Crippen LogP contribution in [0, 0.1) is 6.92 Å². The Bertz CT molecular complexity index is 526. The number of Topliss-reactive ketones (excluding diaryl/α,β-unsaturated/α-hetero) is 1. The van der Waals surface area contributed by atoms with Crippen LogP contribution in [0.25, 0.3) is 11.3 Å². The smallest absolute Gasteiger partial charge is 0.163 e. The molecule has 2 rings (SSSR count). The molecule has 0 saturated carbocycles. The normalized spacial score (nSPS) is 10.4. The van der Waals surface area contributed by atoms with Gasteiger partial charge in [-0.1, -0.05) is 30.3 Å². The number of carbonyl (C=O) groups excluding carboxylic acids is 1. The number of benzene rings is 1. The molecule has 0 unspecified atom stereocenters. The zero-order valence-corrected chi connectivity index (χ0v) is 9.37. The van der Waals surface area contributed by atoms with E-state index in [4.69, 9.17) is 5.73 Å². The maximum Gasteiger partial charge on any atom is 0.163 e. The molecule has 0 saturated heterocycles. The first-order chi connectivity index (χ1) is 7.61. The summed E-state index contributed by atoms with van der Waals surface area (Å²) in [6.45, 7) is 3.39. The fourth-order valence-corrected chi connectivity index (χ4v) is 1.93. The van der Waals surface area contributed by atoms with E-state index in [2.05, 4.69) is 4.98 Å². The van der Waals surface area contributed by atoms with Gasteiger partial charge in [-0.3, -0.25) is 4.79 Å². The molecular weight excluding hydrogens is 200 g/mol. The molecule has 0 aliphatic carbocycles. The molecule has 0 amide bonds. The third-order valence-corrected chi connectivity index (χ3v) is 2.64. The third kappa shape index (κ3) is 1.60. The zero-order chi connectivity index (χ0) is 11.7. The number of aryl methyl sites for hydroxylation is 1. The Labute approximate surface area is 94.3 Å². The van der Waals surface area contributed by atoms with Crippen molar-refractivity contribution in [2.45, 2.75) is 13.8 Å². The molecule has 0 radical (unpaired) electrons. The number of hydrogen-bond donors (Lipinski definition) is 2. The van der Waals surface area contributed by atoms with Crippen LogP contribution < -0.4 is 5.73 Å². The molecule has 3 nitrogen and oxygen atoms in total. The van der Waals surface area contributed by atoms with E-state index < -0.39 is 0 Å². The first-order valence-electron chi connectivity index (χ1n) is 5.15. The lowest BCUT2D eigenvalue weighted by Gasteiger charge is -2.00. The summed E-state index contributed by atoms with van der Waals surface area (Å²) in [6, 6.07) is 9.76. The van der Waals surface area contributed by atoms with Crippen LogP contribution >= 0.6 is 0 Å². The Hall–Kier alpha value is -2.03. The highest BCUT2D eigenvalue weighted by Crippen LogP contribution is 2.30. The fraction of sp³-hybridized carbons (Fsp3) is 0.154. The lowest BCUT2D eigenvalue weighted by atomic mass is 10.1. The number of nitrogens with two attached hydrogens (primary N) is 1. The van der Waals surface area contributed by atoms with Crippen LogP contribution in [0.5, 0.6) is 0 Å². The topological polar surface area (TPSA) is 58.9 Å². The molecule has 0 spiro atoms. The van der Waals surface area contributed by atoms with Crippen molar-refractivity contribution >= 4 is 11.5 Å². The maximum atomic E-state index is 11.4. The van der Waals surface area contributed by atoms with E-state index in [0.29, 0.717) is 11.3 Å². The molecule has 3 heteroatoms. The average Bonchev–Trinajstić information content (AvgIpc) is 2.55. The lowest BCUT2D eigenvalue weighted by molar-refractivity contribution is 0.101. The summed E-state index contributed by atoms with van der Waals surface area (Å²) in [5, 5.41) is 0. The average molecular weight is 214 g/mol. The SMILES string of the molecule is CC(=O)c1c(C)[nH]c(-c2ccccc2)c1N. The molecule has 16 heavy (non-hydrogen) atoms. The number of nitrogens with one attached hydrogen (secondary N) is 1. The van der Waals surface area contributed by atoms with Crippen LogP contribution in [0.15, 0.2) is 30.3 Å². The van der Waals surface area contributed by atoms with Crippen molar-refractivity contribution < 1.29 is 4.79 Å². The van der Waals surface area contributed by atoms with Gasteiger partial charge in [0.2, 0.25) is 0 Å². The third-order valence-electron chi connectivity index (χ3n) is 2.64. The second-order valence-electron chi connectivity index (χ2n) is 3.84. The van der Waals surface area contributed by atoms with E-state index in [-0.39, 0.29) is 5.78 Å². The van der Waals surface area contributed by atoms with Gasteiger partial charge >= 0.3 is 0 Å². The Morgan fingerprint density at radius 2 is 1.88 bits per heavy atom. The molecule has 1 heterocycles. The van der Waals surface area contributed by atoms with E-state index in [1.54, 1.807) is 0 Å². The van der Waals surface area contributed by atoms with Crippen LogP contribution in [-0.2, 0) is 0 Å². The Balaban J connectivity index is 2.61. The van der Waals surface area contributed by atoms with Gasteiger partial charge in [0.1, 0.15) is 0 Å². The van der Waals surface area contributed by atoms with Gasteiger partial charge in [0, 0.05) is 11.3 Å². The first kappa shape index (κ1) is 10.5.